The summed E-state index contributed by atoms with van der Waals surface area (Å²) >= 11 is 6.04. The molecule has 0 aliphatic rings. The number of halogens is 2. The highest BCUT2D eigenvalue weighted by molar-refractivity contribution is 6.31. The molecule has 0 unspecified atom stereocenters. The lowest BCUT2D eigenvalue weighted by Crippen LogP contribution is -2.17. The first-order chi connectivity index (χ1) is 15.9. The van der Waals surface area contributed by atoms with Gasteiger partial charge in [0.25, 0.3) is 5.91 Å². The summed E-state index contributed by atoms with van der Waals surface area (Å²) in [7, 11) is 0. The zero-order valence-electron chi connectivity index (χ0n) is 18.3. The largest absolute Gasteiger partial charge is 0.492 e. The third-order valence-corrected chi connectivity index (χ3v) is 4.99. The van der Waals surface area contributed by atoms with E-state index < -0.39 is 11.7 Å². The van der Waals surface area contributed by atoms with E-state index in [0.29, 0.717) is 41.7 Å². The number of nitrogens with one attached hydrogen (secondary N) is 2. The fraction of sp³-hybridized carbons (Fsp3) is 0.200. The van der Waals surface area contributed by atoms with Gasteiger partial charge in [0.1, 0.15) is 17.3 Å². The molecule has 0 aliphatic carbocycles. The zero-order valence-corrected chi connectivity index (χ0v) is 19.0. The van der Waals surface area contributed by atoms with Crippen molar-refractivity contribution in [3.8, 4) is 11.5 Å². The van der Waals surface area contributed by atoms with Gasteiger partial charge in [-0.15, -0.1) is 0 Å². The van der Waals surface area contributed by atoms with E-state index in [0.717, 1.165) is 0 Å². The summed E-state index contributed by atoms with van der Waals surface area (Å²) in [6.45, 7) is 4.25. The number of ether oxygens (including phenoxy) is 2. The number of hydrogen-bond acceptors (Lipinski definition) is 4. The smallest absolute Gasteiger partial charge is 0.255 e. The monoisotopic (exact) mass is 470 g/mol. The lowest BCUT2D eigenvalue weighted by molar-refractivity contribution is -0.115. The van der Waals surface area contributed by atoms with Gasteiger partial charge in [0, 0.05) is 28.3 Å². The van der Waals surface area contributed by atoms with Crippen molar-refractivity contribution in [2.75, 3.05) is 23.8 Å². The van der Waals surface area contributed by atoms with Crippen molar-refractivity contribution in [2.45, 2.75) is 20.3 Å². The molecule has 0 fully saturated rings. The van der Waals surface area contributed by atoms with Crippen LogP contribution in [0.1, 0.15) is 29.8 Å². The minimum atomic E-state index is -0.559. The van der Waals surface area contributed by atoms with Crippen LogP contribution < -0.4 is 20.1 Å². The molecule has 3 rings (SSSR count). The molecule has 0 spiro atoms. The van der Waals surface area contributed by atoms with Crippen LogP contribution in [0.5, 0.6) is 11.5 Å². The van der Waals surface area contributed by atoms with E-state index in [1.165, 1.54) is 18.2 Å². The molecule has 0 saturated heterocycles. The normalized spacial score (nSPS) is 10.4. The summed E-state index contributed by atoms with van der Waals surface area (Å²) < 4.78 is 25.4. The Balaban J connectivity index is 1.88. The Labute approximate surface area is 196 Å². The third kappa shape index (κ3) is 6.23. The summed E-state index contributed by atoms with van der Waals surface area (Å²) in [5.41, 5.74) is 1.31. The van der Waals surface area contributed by atoms with E-state index in [-0.39, 0.29) is 22.9 Å². The molecule has 3 aromatic rings. The van der Waals surface area contributed by atoms with Crippen LogP contribution in [0.2, 0.25) is 5.02 Å². The first kappa shape index (κ1) is 24.1. The summed E-state index contributed by atoms with van der Waals surface area (Å²) in [5.74, 6) is -0.671. The molecular weight excluding hydrogens is 447 g/mol. The van der Waals surface area contributed by atoms with Crippen LogP contribution in [-0.2, 0) is 11.2 Å². The van der Waals surface area contributed by atoms with Gasteiger partial charge in [0.2, 0.25) is 5.91 Å². The quantitative estimate of drug-likeness (QED) is 0.420. The maximum Gasteiger partial charge on any atom is 0.255 e. The highest BCUT2D eigenvalue weighted by Crippen LogP contribution is 2.37. The van der Waals surface area contributed by atoms with Crippen LogP contribution >= 0.6 is 11.6 Å². The van der Waals surface area contributed by atoms with Crippen LogP contribution in [0.4, 0.5) is 15.8 Å². The van der Waals surface area contributed by atoms with Crippen molar-refractivity contribution in [3.05, 3.63) is 82.6 Å². The molecule has 0 radical (unpaired) electrons. The molecular formula is C25H24ClFN2O4. The van der Waals surface area contributed by atoms with E-state index in [9.17, 15) is 14.0 Å². The highest BCUT2D eigenvalue weighted by Gasteiger charge is 2.18. The van der Waals surface area contributed by atoms with Gasteiger partial charge in [-0.3, -0.25) is 9.59 Å². The Hall–Kier alpha value is -3.58. The van der Waals surface area contributed by atoms with Gasteiger partial charge in [0.05, 0.1) is 31.0 Å². The van der Waals surface area contributed by atoms with E-state index >= 15 is 0 Å². The Morgan fingerprint density at radius 2 is 1.48 bits per heavy atom. The molecule has 0 aromatic heterocycles. The average molecular weight is 471 g/mol. The second-order valence-corrected chi connectivity index (χ2v) is 7.36. The molecule has 3 aromatic carbocycles. The minimum Gasteiger partial charge on any atom is -0.492 e. The van der Waals surface area contributed by atoms with E-state index in [1.807, 2.05) is 6.07 Å². The predicted molar refractivity (Wildman–Crippen MR) is 127 cm³/mol. The topological polar surface area (TPSA) is 76.7 Å². The second-order valence-electron chi connectivity index (χ2n) is 6.96. The van der Waals surface area contributed by atoms with Crippen molar-refractivity contribution in [1.29, 1.82) is 0 Å². The van der Waals surface area contributed by atoms with Crippen molar-refractivity contribution in [2.24, 2.45) is 0 Å². The van der Waals surface area contributed by atoms with Crippen LogP contribution in [0.15, 0.2) is 60.7 Å². The van der Waals surface area contributed by atoms with Gasteiger partial charge in [-0.2, -0.15) is 0 Å². The Kier molecular flexibility index (Phi) is 8.27. The average Bonchev–Trinajstić information content (AvgIpc) is 2.80. The molecule has 2 N–H and O–H groups in total. The Bertz CT molecular complexity index is 1120. The number of carbonyl (C=O) groups is 2. The Morgan fingerprint density at radius 3 is 2.06 bits per heavy atom. The van der Waals surface area contributed by atoms with Crippen LogP contribution in [0, 0.1) is 5.82 Å². The number of benzene rings is 3. The van der Waals surface area contributed by atoms with E-state index in [1.54, 1.807) is 50.2 Å². The van der Waals surface area contributed by atoms with Crippen molar-refractivity contribution < 1.29 is 23.5 Å². The first-order valence-corrected chi connectivity index (χ1v) is 10.8. The van der Waals surface area contributed by atoms with Gasteiger partial charge in [-0.25, -0.2) is 4.39 Å². The molecule has 33 heavy (non-hydrogen) atoms. The molecule has 0 aliphatic heterocycles. The lowest BCUT2D eigenvalue weighted by atomic mass is 10.1. The molecule has 0 heterocycles. The van der Waals surface area contributed by atoms with Gasteiger partial charge >= 0.3 is 0 Å². The fourth-order valence-electron chi connectivity index (χ4n) is 3.15. The SMILES string of the molecule is CCOc1cc(NC(=O)c2ccccc2)c(OCC)cc1NC(=O)Cc1c(F)cccc1Cl. The molecule has 0 saturated carbocycles. The van der Waals surface area contributed by atoms with Gasteiger partial charge in [-0.05, 0) is 38.1 Å². The maximum absolute atomic E-state index is 14.1. The fourth-order valence-corrected chi connectivity index (χ4v) is 3.38. The van der Waals surface area contributed by atoms with Gasteiger partial charge < -0.3 is 20.1 Å². The molecule has 6 nitrogen and oxygen atoms in total. The van der Waals surface area contributed by atoms with Crippen molar-refractivity contribution >= 4 is 34.8 Å². The van der Waals surface area contributed by atoms with Crippen molar-refractivity contribution in [3.63, 3.8) is 0 Å². The van der Waals surface area contributed by atoms with Crippen LogP contribution in [0.3, 0.4) is 0 Å². The first-order valence-electron chi connectivity index (χ1n) is 10.5. The van der Waals surface area contributed by atoms with Crippen molar-refractivity contribution in [1.82, 2.24) is 0 Å². The van der Waals surface area contributed by atoms with Gasteiger partial charge in [-0.1, -0.05) is 35.9 Å². The second kappa shape index (κ2) is 11.3. The lowest BCUT2D eigenvalue weighted by Gasteiger charge is -2.18. The third-order valence-electron chi connectivity index (χ3n) is 4.64. The minimum absolute atomic E-state index is 0.103. The number of hydrogen-bond donors (Lipinski definition) is 2. The highest BCUT2D eigenvalue weighted by atomic mass is 35.5. The zero-order chi connectivity index (χ0) is 23.8. The van der Waals surface area contributed by atoms with Crippen LogP contribution in [-0.4, -0.2) is 25.0 Å². The number of rotatable bonds is 9. The molecule has 172 valence electrons. The van der Waals surface area contributed by atoms with E-state index in [4.69, 9.17) is 21.1 Å². The van der Waals surface area contributed by atoms with Crippen LogP contribution in [0.25, 0.3) is 0 Å². The Morgan fingerprint density at radius 1 is 0.879 bits per heavy atom. The number of amides is 2. The number of carbonyl (C=O) groups excluding carboxylic acids is 2. The maximum atomic E-state index is 14.1. The summed E-state index contributed by atoms with van der Waals surface area (Å²) in [4.78, 5) is 25.3. The summed E-state index contributed by atoms with van der Waals surface area (Å²) in [6.07, 6.45) is -0.256. The standard InChI is InChI=1S/C25H24ClFN2O4/c1-3-32-22-15-21(29-25(31)16-9-6-5-7-10-16)23(33-4-2)14-20(22)28-24(30)13-17-18(26)11-8-12-19(17)27/h5-12,14-15H,3-4,13H2,1-2H3,(H,28,30)(H,29,31). The molecule has 2 amide bonds. The summed E-state index contributed by atoms with van der Waals surface area (Å²) in [6, 6.07) is 16.1. The predicted octanol–water partition coefficient (Wildman–Crippen LogP) is 5.71. The molecule has 0 atom stereocenters. The molecule has 0 bridgehead atoms. The molecule has 8 heteroatoms. The summed E-state index contributed by atoms with van der Waals surface area (Å²) in [5, 5.41) is 5.72. The van der Waals surface area contributed by atoms with Gasteiger partial charge in [0.15, 0.2) is 0 Å². The number of anilines is 2. The van der Waals surface area contributed by atoms with E-state index in [2.05, 4.69) is 10.6 Å².